The highest BCUT2D eigenvalue weighted by Gasteiger charge is 2.25. The highest BCUT2D eigenvalue weighted by molar-refractivity contribution is 7.21. The minimum atomic E-state index is -2.33. The molecule has 0 radical (unpaired) electrons. The van der Waals surface area contributed by atoms with Crippen molar-refractivity contribution in [1.29, 1.82) is 0 Å². The van der Waals surface area contributed by atoms with E-state index in [2.05, 4.69) is 34.8 Å². The van der Waals surface area contributed by atoms with Gasteiger partial charge in [-0.15, -0.1) is 0 Å². The number of thiazole rings is 1. The van der Waals surface area contributed by atoms with E-state index in [9.17, 15) is 8.78 Å². The van der Waals surface area contributed by atoms with E-state index in [4.69, 9.17) is 20.4 Å². The van der Waals surface area contributed by atoms with Gasteiger partial charge in [-0.1, -0.05) is 38.2 Å². The summed E-state index contributed by atoms with van der Waals surface area (Å²) in [5, 5.41) is 0.500. The van der Waals surface area contributed by atoms with Gasteiger partial charge >= 0.3 is 0 Å². The van der Waals surface area contributed by atoms with Gasteiger partial charge in [-0.2, -0.15) is 0 Å². The fourth-order valence-corrected chi connectivity index (χ4v) is 5.64. The van der Waals surface area contributed by atoms with Gasteiger partial charge in [0, 0.05) is 47.5 Å². The van der Waals surface area contributed by atoms with Crippen LogP contribution in [0.5, 0.6) is 5.75 Å². The van der Waals surface area contributed by atoms with Gasteiger partial charge in [0.15, 0.2) is 5.13 Å². The number of alkyl halides is 2. The smallest absolute Gasteiger partial charge is 0.238 e. The normalized spacial score (nSPS) is 14.6. The van der Waals surface area contributed by atoms with Crippen molar-refractivity contribution in [3.8, 4) is 16.9 Å². The summed E-state index contributed by atoms with van der Waals surface area (Å²) in [6.45, 7) is 9.92. The zero-order valence-electron chi connectivity index (χ0n) is 22.0. The van der Waals surface area contributed by atoms with Crippen LogP contribution in [-0.4, -0.2) is 39.5 Å². The molecule has 4 heterocycles. The van der Waals surface area contributed by atoms with Gasteiger partial charge in [0.2, 0.25) is 6.43 Å². The summed E-state index contributed by atoms with van der Waals surface area (Å²) >= 11 is 1.37. The van der Waals surface area contributed by atoms with E-state index in [1.165, 1.54) is 11.3 Å². The first kappa shape index (κ1) is 26.2. The maximum Gasteiger partial charge on any atom is 0.238 e. The Bertz CT molecular complexity index is 1460. The van der Waals surface area contributed by atoms with Gasteiger partial charge in [-0.25, -0.2) is 28.7 Å². The number of halogens is 2. The zero-order chi connectivity index (χ0) is 27.0. The molecule has 5 rings (SSSR count). The maximum atomic E-state index is 12.9. The SMILES string of the molecule is Cc1nc([C@@H](C)CCC(F)F)nc(N2CCOc3ccc(-c4cnc5sc(N)nc5c4)cc3C2)c1C(C)C. The second kappa shape index (κ2) is 10.8. The van der Waals surface area contributed by atoms with Gasteiger partial charge in [-0.05, 0) is 43.0 Å². The molecular weight excluding hydrogens is 506 g/mol. The van der Waals surface area contributed by atoms with Crippen LogP contribution in [-0.2, 0) is 6.54 Å². The Morgan fingerprint density at radius 3 is 2.66 bits per heavy atom. The lowest BCUT2D eigenvalue weighted by Crippen LogP contribution is -2.29. The largest absolute Gasteiger partial charge is 0.491 e. The number of ether oxygens (including phenoxy) is 1. The van der Waals surface area contributed by atoms with Crippen LogP contribution in [0.4, 0.5) is 19.7 Å². The Balaban J connectivity index is 1.50. The molecule has 0 saturated heterocycles. The van der Waals surface area contributed by atoms with E-state index in [0.29, 0.717) is 37.1 Å². The standard InChI is InChI=1S/C28H32F2N6OS/c1-15(2)24-17(4)33-25(16(3)5-8-23(29)30)35-26(24)36-9-10-37-22-7-6-18(11-20(22)14-36)19-12-21-27(32-13-19)38-28(31)34-21/h6-7,11-13,15-16,23H,5,8-10,14H2,1-4H3,(H2,31,34)/t16-/m0/s1. The molecule has 200 valence electrons. The van der Waals surface area contributed by atoms with Crippen molar-refractivity contribution in [2.45, 2.75) is 65.3 Å². The van der Waals surface area contributed by atoms with Crippen LogP contribution in [0.3, 0.4) is 0 Å². The summed E-state index contributed by atoms with van der Waals surface area (Å²) in [5.41, 5.74) is 11.6. The Labute approximate surface area is 225 Å². The number of benzene rings is 1. The second-order valence-corrected chi connectivity index (χ2v) is 11.1. The fourth-order valence-electron chi connectivity index (χ4n) is 4.98. The molecule has 0 saturated carbocycles. The van der Waals surface area contributed by atoms with E-state index < -0.39 is 6.43 Å². The van der Waals surface area contributed by atoms with Gasteiger partial charge in [0.1, 0.15) is 34.3 Å². The van der Waals surface area contributed by atoms with Crippen LogP contribution in [0, 0.1) is 6.92 Å². The summed E-state index contributed by atoms with van der Waals surface area (Å²) < 4.78 is 31.9. The molecule has 1 aliphatic rings. The van der Waals surface area contributed by atoms with Crippen molar-refractivity contribution < 1.29 is 13.5 Å². The number of hydrogen-bond acceptors (Lipinski definition) is 8. The summed E-state index contributed by atoms with van der Waals surface area (Å²) in [5.74, 6) is 2.35. The van der Waals surface area contributed by atoms with Gasteiger partial charge in [-0.3, -0.25) is 0 Å². The molecular formula is C28H32F2N6OS. The Hall–Kier alpha value is -3.40. The molecule has 38 heavy (non-hydrogen) atoms. The number of fused-ring (bicyclic) bond motifs is 2. The van der Waals surface area contributed by atoms with Crippen LogP contribution in [0.1, 0.15) is 68.1 Å². The molecule has 0 spiro atoms. The van der Waals surface area contributed by atoms with Gasteiger partial charge in [0.25, 0.3) is 0 Å². The quantitative estimate of drug-likeness (QED) is 0.280. The van der Waals surface area contributed by atoms with Crippen molar-refractivity contribution in [1.82, 2.24) is 19.9 Å². The zero-order valence-corrected chi connectivity index (χ0v) is 22.9. The lowest BCUT2D eigenvalue weighted by molar-refractivity contribution is 0.132. The summed E-state index contributed by atoms with van der Waals surface area (Å²) in [6, 6.07) is 8.16. The topological polar surface area (TPSA) is 90.0 Å². The number of nitrogens with zero attached hydrogens (tertiary/aromatic N) is 5. The highest BCUT2D eigenvalue weighted by Crippen LogP contribution is 2.36. The maximum absolute atomic E-state index is 12.9. The summed E-state index contributed by atoms with van der Waals surface area (Å²) in [7, 11) is 0. The molecule has 4 aromatic rings. The Morgan fingerprint density at radius 1 is 1.08 bits per heavy atom. The van der Waals surface area contributed by atoms with Crippen LogP contribution >= 0.6 is 11.3 Å². The van der Waals surface area contributed by atoms with E-state index >= 15 is 0 Å². The minimum Gasteiger partial charge on any atom is -0.491 e. The predicted molar refractivity (Wildman–Crippen MR) is 148 cm³/mol. The molecule has 0 bridgehead atoms. The number of hydrogen-bond donors (Lipinski definition) is 1. The number of anilines is 2. The lowest BCUT2D eigenvalue weighted by Gasteiger charge is -2.27. The molecule has 1 atom stereocenters. The minimum absolute atomic E-state index is 0.160. The lowest BCUT2D eigenvalue weighted by atomic mass is 9.99. The number of aryl methyl sites for hydroxylation is 1. The van der Waals surface area contributed by atoms with E-state index in [0.717, 1.165) is 49.9 Å². The number of nitrogens with two attached hydrogens (primary N) is 1. The Kier molecular flexibility index (Phi) is 7.43. The average Bonchev–Trinajstić information content (AvgIpc) is 3.11. The van der Waals surface area contributed by atoms with Crippen LogP contribution < -0.4 is 15.4 Å². The summed E-state index contributed by atoms with van der Waals surface area (Å²) in [6.07, 6.45) is -0.303. The predicted octanol–water partition coefficient (Wildman–Crippen LogP) is 6.71. The first-order valence-electron chi connectivity index (χ1n) is 12.9. The third-order valence-corrected chi connectivity index (χ3v) is 7.72. The van der Waals surface area contributed by atoms with Gasteiger partial charge in [0.05, 0.1) is 6.54 Å². The van der Waals surface area contributed by atoms with Crippen LogP contribution in [0.15, 0.2) is 30.5 Å². The fraction of sp³-hybridized carbons (Fsp3) is 0.429. The molecule has 3 aromatic heterocycles. The first-order chi connectivity index (χ1) is 18.2. The average molecular weight is 539 g/mol. The van der Waals surface area contributed by atoms with Gasteiger partial charge < -0.3 is 15.4 Å². The van der Waals surface area contributed by atoms with E-state index in [-0.39, 0.29) is 18.3 Å². The Morgan fingerprint density at radius 2 is 1.89 bits per heavy atom. The van der Waals surface area contributed by atoms with E-state index in [1.54, 1.807) is 0 Å². The molecule has 1 aliphatic heterocycles. The van der Waals surface area contributed by atoms with Crippen LogP contribution in [0.25, 0.3) is 21.5 Å². The first-order valence-corrected chi connectivity index (χ1v) is 13.7. The number of nitrogen functional groups attached to an aromatic ring is 1. The van der Waals surface area contributed by atoms with Crippen molar-refractivity contribution in [2.75, 3.05) is 23.8 Å². The molecule has 0 fully saturated rings. The second-order valence-electron chi connectivity index (χ2n) is 10.1. The number of rotatable bonds is 7. The third-order valence-electron chi connectivity index (χ3n) is 6.91. The molecule has 0 amide bonds. The van der Waals surface area contributed by atoms with E-state index in [1.807, 2.05) is 38.2 Å². The molecule has 7 nitrogen and oxygen atoms in total. The van der Waals surface area contributed by atoms with Crippen LogP contribution in [0.2, 0.25) is 0 Å². The molecule has 0 unspecified atom stereocenters. The number of aromatic nitrogens is 4. The van der Waals surface area contributed by atoms with Crippen molar-refractivity contribution in [2.24, 2.45) is 0 Å². The third kappa shape index (κ3) is 5.41. The summed E-state index contributed by atoms with van der Waals surface area (Å²) in [4.78, 5) is 21.7. The highest BCUT2D eigenvalue weighted by atomic mass is 32.1. The van der Waals surface area contributed by atoms with Crippen molar-refractivity contribution >= 4 is 32.6 Å². The molecule has 0 aliphatic carbocycles. The van der Waals surface area contributed by atoms with Crippen molar-refractivity contribution in [3.05, 3.63) is 53.1 Å². The van der Waals surface area contributed by atoms with Crippen molar-refractivity contribution in [3.63, 3.8) is 0 Å². The monoisotopic (exact) mass is 538 g/mol. The molecule has 10 heteroatoms. The molecule has 2 N–H and O–H groups in total. The number of pyridine rings is 1. The molecule has 1 aromatic carbocycles.